The SMILES string of the molecule is CC(C1=CCCC=C1)C1CC=CCC1. The van der Waals surface area contributed by atoms with E-state index in [0.29, 0.717) is 0 Å². The summed E-state index contributed by atoms with van der Waals surface area (Å²) in [4.78, 5) is 0. The second-order valence-corrected chi connectivity index (χ2v) is 4.52. The highest BCUT2D eigenvalue weighted by molar-refractivity contribution is 5.25. The lowest BCUT2D eigenvalue weighted by atomic mass is 9.79. The van der Waals surface area contributed by atoms with Crippen molar-refractivity contribution >= 4 is 0 Å². The molecule has 2 aliphatic rings. The molecule has 0 aromatic heterocycles. The van der Waals surface area contributed by atoms with Gasteiger partial charge < -0.3 is 0 Å². The van der Waals surface area contributed by atoms with E-state index in [-0.39, 0.29) is 0 Å². The number of rotatable bonds is 2. The minimum absolute atomic E-state index is 0.761. The Kier molecular flexibility index (Phi) is 3.23. The average molecular weight is 188 g/mol. The first kappa shape index (κ1) is 9.76. The third kappa shape index (κ3) is 2.17. The third-order valence-corrected chi connectivity index (χ3v) is 3.57. The van der Waals surface area contributed by atoms with Gasteiger partial charge >= 0.3 is 0 Å². The van der Waals surface area contributed by atoms with Gasteiger partial charge in [0.1, 0.15) is 0 Å². The molecule has 0 saturated carbocycles. The quantitative estimate of drug-likeness (QED) is 0.568. The molecule has 0 spiro atoms. The maximum Gasteiger partial charge on any atom is -0.0162 e. The molecule has 0 radical (unpaired) electrons. The Labute approximate surface area is 87.4 Å². The molecule has 2 aliphatic carbocycles. The van der Waals surface area contributed by atoms with Crippen molar-refractivity contribution in [1.29, 1.82) is 0 Å². The second-order valence-electron chi connectivity index (χ2n) is 4.52. The van der Waals surface area contributed by atoms with E-state index in [1.807, 2.05) is 0 Å². The zero-order valence-corrected chi connectivity index (χ0v) is 9.08. The predicted octanol–water partition coefficient (Wildman–Crippen LogP) is 4.26. The predicted molar refractivity (Wildman–Crippen MR) is 62.1 cm³/mol. The molecule has 2 unspecified atom stereocenters. The van der Waals surface area contributed by atoms with E-state index in [9.17, 15) is 0 Å². The summed E-state index contributed by atoms with van der Waals surface area (Å²) in [7, 11) is 0. The normalized spacial score (nSPS) is 28.6. The monoisotopic (exact) mass is 188 g/mol. The van der Waals surface area contributed by atoms with Gasteiger partial charge in [0.25, 0.3) is 0 Å². The van der Waals surface area contributed by atoms with E-state index < -0.39 is 0 Å². The van der Waals surface area contributed by atoms with Gasteiger partial charge in [-0.3, -0.25) is 0 Å². The third-order valence-electron chi connectivity index (χ3n) is 3.57. The van der Waals surface area contributed by atoms with Gasteiger partial charge in [0.05, 0.1) is 0 Å². The van der Waals surface area contributed by atoms with Gasteiger partial charge in [-0.15, -0.1) is 0 Å². The van der Waals surface area contributed by atoms with Crippen molar-refractivity contribution < 1.29 is 0 Å². The molecule has 0 heteroatoms. The smallest absolute Gasteiger partial charge is 0.0162 e. The number of hydrogen-bond acceptors (Lipinski definition) is 0. The first-order valence-corrected chi connectivity index (χ1v) is 5.89. The molecule has 0 fully saturated rings. The zero-order valence-electron chi connectivity index (χ0n) is 9.08. The summed E-state index contributed by atoms with van der Waals surface area (Å²) in [6, 6.07) is 0. The highest BCUT2D eigenvalue weighted by Crippen LogP contribution is 2.32. The van der Waals surface area contributed by atoms with Gasteiger partial charge in [0.2, 0.25) is 0 Å². The fourth-order valence-electron chi connectivity index (χ4n) is 2.51. The Morgan fingerprint density at radius 1 is 1.14 bits per heavy atom. The Balaban J connectivity index is 1.99. The van der Waals surface area contributed by atoms with Crippen LogP contribution in [-0.2, 0) is 0 Å². The van der Waals surface area contributed by atoms with Gasteiger partial charge in [-0.2, -0.15) is 0 Å². The van der Waals surface area contributed by atoms with Crippen LogP contribution in [0.5, 0.6) is 0 Å². The molecule has 0 bridgehead atoms. The molecule has 14 heavy (non-hydrogen) atoms. The summed E-state index contributed by atoms with van der Waals surface area (Å²) >= 11 is 0. The van der Waals surface area contributed by atoms with Crippen molar-refractivity contribution in [1.82, 2.24) is 0 Å². The lowest BCUT2D eigenvalue weighted by Crippen LogP contribution is -2.15. The molecular formula is C14H20. The minimum atomic E-state index is 0.761. The topological polar surface area (TPSA) is 0 Å². The zero-order chi connectivity index (χ0) is 9.80. The van der Waals surface area contributed by atoms with Crippen molar-refractivity contribution in [3.05, 3.63) is 36.0 Å². The Bertz CT molecular complexity index is 268. The second kappa shape index (κ2) is 4.63. The lowest BCUT2D eigenvalue weighted by Gasteiger charge is -2.26. The molecular weight excluding hydrogens is 168 g/mol. The molecule has 0 heterocycles. The molecule has 0 saturated heterocycles. The number of allylic oxidation sites excluding steroid dienone is 6. The lowest BCUT2D eigenvalue weighted by molar-refractivity contribution is 0.376. The molecule has 2 rings (SSSR count). The standard InChI is InChI=1S/C14H20/c1-12(13-8-4-2-5-9-13)14-10-6-3-7-11-14/h2,4,6,10-13H,3,5,7-9H2,1H3. The van der Waals surface area contributed by atoms with Crippen LogP contribution in [-0.4, -0.2) is 0 Å². The van der Waals surface area contributed by atoms with E-state index in [1.54, 1.807) is 5.57 Å². The van der Waals surface area contributed by atoms with Crippen molar-refractivity contribution in [3.63, 3.8) is 0 Å². The fourth-order valence-corrected chi connectivity index (χ4v) is 2.51. The van der Waals surface area contributed by atoms with Crippen molar-refractivity contribution in [3.8, 4) is 0 Å². The summed E-state index contributed by atoms with van der Waals surface area (Å²) in [6.45, 7) is 2.39. The van der Waals surface area contributed by atoms with Crippen LogP contribution in [0.3, 0.4) is 0 Å². The first-order chi connectivity index (χ1) is 6.88. The van der Waals surface area contributed by atoms with Gasteiger partial charge in [0.15, 0.2) is 0 Å². The van der Waals surface area contributed by atoms with E-state index in [4.69, 9.17) is 0 Å². The van der Waals surface area contributed by atoms with Crippen LogP contribution in [0.4, 0.5) is 0 Å². The van der Waals surface area contributed by atoms with E-state index in [0.717, 1.165) is 11.8 Å². The van der Waals surface area contributed by atoms with Gasteiger partial charge in [-0.1, -0.05) is 37.3 Å². The van der Waals surface area contributed by atoms with Gasteiger partial charge in [-0.25, -0.2) is 0 Å². The molecule has 0 amide bonds. The Morgan fingerprint density at radius 3 is 2.71 bits per heavy atom. The first-order valence-electron chi connectivity index (χ1n) is 5.89. The van der Waals surface area contributed by atoms with Crippen LogP contribution in [0, 0.1) is 11.8 Å². The van der Waals surface area contributed by atoms with E-state index >= 15 is 0 Å². The summed E-state index contributed by atoms with van der Waals surface area (Å²) in [5, 5.41) is 0. The molecule has 2 atom stereocenters. The van der Waals surface area contributed by atoms with Crippen LogP contribution < -0.4 is 0 Å². The van der Waals surface area contributed by atoms with Crippen LogP contribution in [0.15, 0.2) is 36.0 Å². The Hall–Kier alpha value is -0.780. The largest absolute Gasteiger partial charge is 0.0885 e. The maximum atomic E-state index is 2.43. The van der Waals surface area contributed by atoms with Crippen LogP contribution in [0.25, 0.3) is 0 Å². The Morgan fingerprint density at radius 2 is 2.07 bits per heavy atom. The molecule has 0 aliphatic heterocycles. The van der Waals surface area contributed by atoms with Gasteiger partial charge in [0, 0.05) is 0 Å². The van der Waals surface area contributed by atoms with E-state index in [2.05, 4.69) is 37.3 Å². The minimum Gasteiger partial charge on any atom is -0.0885 e. The van der Waals surface area contributed by atoms with Gasteiger partial charge in [-0.05, 0) is 49.5 Å². The summed E-state index contributed by atoms with van der Waals surface area (Å²) in [5.41, 5.74) is 1.58. The van der Waals surface area contributed by atoms with Crippen molar-refractivity contribution in [2.75, 3.05) is 0 Å². The summed E-state index contributed by atoms with van der Waals surface area (Å²) in [6.07, 6.45) is 18.2. The highest BCUT2D eigenvalue weighted by atomic mass is 14.2. The van der Waals surface area contributed by atoms with Crippen molar-refractivity contribution in [2.24, 2.45) is 11.8 Å². The average Bonchev–Trinajstić information content (AvgIpc) is 2.30. The summed E-state index contributed by atoms with van der Waals surface area (Å²) < 4.78 is 0. The summed E-state index contributed by atoms with van der Waals surface area (Å²) in [5.74, 6) is 1.64. The van der Waals surface area contributed by atoms with E-state index in [1.165, 1.54) is 32.1 Å². The van der Waals surface area contributed by atoms with Crippen LogP contribution in [0.1, 0.15) is 39.0 Å². The highest BCUT2D eigenvalue weighted by Gasteiger charge is 2.20. The molecule has 0 aromatic carbocycles. The number of hydrogen-bond donors (Lipinski definition) is 0. The fraction of sp³-hybridized carbons (Fsp3) is 0.571. The molecule has 0 nitrogen and oxygen atoms in total. The van der Waals surface area contributed by atoms with Crippen LogP contribution in [0.2, 0.25) is 0 Å². The van der Waals surface area contributed by atoms with Crippen LogP contribution >= 0.6 is 0 Å². The van der Waals surface area contributed by atoms with Crippen molar-refractivity contribution in [2.45, 2.75) is 39.0 Å². The maximum absolute atomic E-state index is 2.43. The molecule has 76 valence electrons. The molecule has 0 aromatic rings. The molecule has 0 N–H and O–H groups in total.